The number of ether oxygens (including phenoxy) is 3. The lowest BCUT2D eigenvalue weighted by Gasteiger charge is -2.37. The first kappa shape index (κ1) is 32.3. The molecule has 1 atom stereocenters. The van der Waals surface area contributed by atoms with Crippen molar-refractivity contribution in [1.82, 2.24) is 4.90 Å². The van der Waals surface area contributed by atoms with Crippen molar-refractivity contribution in [2.45, 2.75) is 52.2 Å². The van der Waals surface area contributed by atoms with Crippen LogP contribution in [0.4, 0.5) is 14.9 Å². The minimum Gasteiger partial charge on any atom is -0.493 e. The van der Waals surface area contributed by atoms with Gasteiger partial charge in [0.05, 0.1) is 38.4 Å². The molecule has 2 aliphatic rings. The smallest absolute Gasteiger partial charge is 0.326 e. The van der Waals surface area contributed by atoms with Crippen molar-refractivity contribution in [3.63, 3.8) is 0 Å². The highest BCUT2D eigenvalue weighted by atomic mass is 79.9. The van der Waals surface area contributed by atoms with Gasteiger partial charge in [-0.25, -0.2) is 14.1 Å². The molecule has 3 amide bonds. The van der Waals surface area contributed by atoms with Crippen molar-refractivity contribution in [1.29, 1.82) is 5.41 Å². The van der Waals surface area contributed by atoms with Gasteiger partial charge in [-0.1, -0.05) is 20.8 Å². The van der Waals surface area contributed by atoms with Crippen molar-refractivity contribution < 1.29 is 42.9 Å². The number of anilines is 1. The van der Waals surface area contributed by atoms with E-state index in [9.17, 15) is 24.3 Å². The number of carboxylic acids is 1. The fraction of sp³-hybridized carbons (Fsp3) is 0.393. The molecule has 226 valence electrons. The molecular weight excluding hydrogens is 619 g/mol. The number of amidine groups is 1. The summed E-state index contributed by atoms with van der Waals surface area (Å²) in [4.78, 5) is 52.8. The molecule has 0 radical (unpaired) electrons. The summed E-state index contributed by atoms with van der Waals surface area (Å²) in [5, 5.41) is 17.9. The Hall–Kier alpha value is -4.20. The van der Waals surface area contributed by atoms with Crippen molar-refractivity contribution >= 4 is 52.2 Å². The predicted octanol–water partition coefficient (Wildman–Crippen LogP) is 3.70. The first-order chi connectivity index (χ1) is 19.1. The second-order valence-electron chi connectivity index (χ2n) is 10.8. The highest BCUT2D eigenvalue weighted by Crippen LogP contribution is 2.46. The molecule has 0 fully saturated rings. The zero-order valence-corrected chi connectivity index (χ0v) is 25.6. The largest absolute Gasteiger partial charge is 0.493 e. The fourth-order valence-electron chi connectivity index (χ4n) is 5.15. The molecule has 42 heavy (non-hydrogen) atoms. The van der Waals surface area contributed by atoms with E-state index in [2.05, 4.69) is 0 Å². The van der Waals surface area contributed by atoms with E-state index in [4.69, 9.17) is 25.4 Å². The van der Waals surface area contributed by atoms with E-state index in [1.165, 1.54) is 26.0 Å². The van der Waals surface area contributed by atoms with Gasteiger partial charge in [-0.3, -0.25) is 19.8 Å². The number of carboxylic acid groups (broad SMARTS) is 1. The van der Waals surface area contributed by atoms with E-state index in [1.807, 2.05) is 20.8 Å². The van der Waals surface area contributed by atoms with Crippen LogP contribution < -0.4 is 24.8 Å². The van der Waals surface area contributed by atoms with Crippen LogP contribution in [0, 0.1) is 18.2 Å². The average molecular weight is 651 g/mol. The van der Waals surface area contributed by atoms with Crippen LogP contribution in [0.1, 0.15) is 59.8 Å². The molecule has 0 saturated carbocycles. The number of fused-ring (bicyclic) bond motifs is 2. The Morgan fingerprint density at radius 1 is 1.21 bits per heavy atom. The topological polar surface area (TPSA) is 173 Å². The van der Waals surface area contributed by atoms with Crippen LogP contribution in [0.5, 0.6) is 17.2 Å². The fourth-order valence-corrected chi connectivity index (χ4v) is 5.15. The summed E-state index contributed by atoms with van der Waals surface area (Å²) in [5.74, 6) is -3.65. The minimum atomic E-state index is -1.50. The second kappa shape index (κ2) is 11.6. The Bertz CT molecular complexity index is 1520. The molecule has 1 unspecified atom stereocenters. The maximum absolute atomic E-state index is 15.2. The number of primary amides is 1. The van der Waals surface area contributed by atoms with Gasteiger partial charge in [-0.2, -0.15) is 0 Å². The zero-order chi connectivity index (χ0) is 30.5. The SMILES string of the molecule is Br.COc1cc2c(c(F)c1OC)C(=N)N(CC(=O)c1cc(C(C)(C)C)c3c(c1C)N(C(N)=O)C(=O)C(CC(=O)O)O3)C2. The highest BCUT2D eigenvalue weighted by molar-refractivity contribution is 8.93. The first-order valence-corrected chi connectivity index (χ1v) is 12.6. The molecule has 0 aromatic heterocycles. The third kappa shape index (κ3) is 5.38. The third-order valence-electron chi connectivity index (χ3n) is 7.12. The van der Waals surface area contributed by atoms with E-state index in [0.29, 0.717) is 16.0 Å². The molecule has 2 heterocycles. The molecule has 2 aromatic rings. The number of methoxy groups -OCH3 is 2. The van der Waals surface area contributed by atoms with Crippen molar-refractivity contribution in [3.05, 3.63) is 45.8 Å². The lowest BCUT2D eigenvalue weighted by molar-refractivity contribution is -0.142. The molecule has 12 nitrogen and oxygen atoms in total. The third-order valence-corrected chi connectivity index (χ3v) is 7.12. The summed E-state index contributed by atoms with van der Waals surface area (Å²) in [6.07, 6.45) is -2.20. The summed E-state index contributed by atoms with van der Waals surface area (Å²) < 4.78 is 31.4. The Balaban J connectivity index is 0.00000484. The van der Waals surface area contributed by atoms with E-state index in [0.717, 1.165) is 0 Å². The molecular formula is C28H32BrFN4O8. The van der Waals surface area contributed by atoms with Crippen molar-refractivity contribution in [2.24, 2.45) is 5.73 Å². The standard InChI is InChI=1S/C28H31FN4O8.BrH/c1-12-14(16(34)11-32-10-13-7-17(39-5)24(40-6)21(29)20(13)25(32)30)8-15(28(2,3)4)23-22(12)33(27(31)38)26(37)18(41-23)9-19(35)36;/h7-8,18,30H,9-11H2,1-6H3,(H2,31,38)(H,35,36);1H. The molecule has 14 heteroatoms. The van der Waals surface area contributed by atoms with E-state index >= 15 is 4.39 Å². The number of halogens is 2. The number of aliphatic carboxylic acids is 1. The number of nitrogens with one attached hydrogen (secondary N) is 1. The number of amides is 3. The summed E-state index contributed by atoms with van der Waals surface area (Å²) in [6, 6.07) is 1.97. The predicted molar refractivity (Wildman–Crippen MR) is 155 cm³/mol. The van der Waals surface area contributed by atoms with Crippen molar-refractivity contribution in [2.75, 3.05) is 25.7 Å². The Kier molecular flexibility index (Phi) is 8.92. The first-order valence-electron chi connectivity index (χ1n) is 12.6. The number of ketones is 1. The number of carbonyl (C=O) groups excluding carboxylic acids is 3. The molecule has 4 N–H and O–H groups in total. The molecule has 0 aliphatic carbocycles. The molecule has 2 aromatic carbocycles. The molecule has 2 aliphatic heterocycles. The van der Waals surface area contributed by atoms with Gasteiger partial charge in [0.2, 0.25) is 0 Å². The maximum Gasteiger partial charge on any atom is 0.326 e. The molecule has 4 rings (SSSR count). The molecule has 0 saturated heterocycles. The second-order valence-corrected chi connectivity index (χ2v) is 10.8. The number of benzene rings is 2. The number of nitrogens with two attached hydrogens (primary N) is 1. The van der Waals surface area contributed by atoms with Crippen molar-refractivity contribution in [3.8, 4) is 17.2 Å². The number of hydrogen-bond acceptors (Lipinski definition) is 8. The number of nitrogens with zero attached hydrogens (tertiary/aromatic N) is 2. The zero-order valence-electron chi connectivity index (χ0n) is 23.9. The summed E-state index contributed by atoms with van der Waals surface area (Å²) >= 11 is 0. The van der Waals surface area contributed by atoms with Crippen LogP contribution in [0.15, 0.2) is 12.1 Å². The average Bonchev–Trinajstić information content (AvgIpc) is 3.18. The number of rotatable bonds is 7. The van der Waals surface area contributed by atoms with Gasteiger partial charge in [0.15, 0.2) is 29.2 Å². The number of urea groups is 1. The quantitative estimate of drug-likeness (QED) is 0.378. The van der Waals surface area contributed by atoms with Crippen LogP contribution >= 0.6 is 17.0 Å². The van der Waals surface area contributed by atoms with Crippen LogP contribution in [-0.2, 0) is 21.5 Å². The Morgan fingerprint density at radius 2 is 1.86 bits per heavy atom. The van der Waals surface area contributed by atoms with Gasteiger partial charge in [0.25, 0.3) is 5.91 Å². The number of hydrogen-bond donors (Lipinski definition) is 3. The van der Waals surface area contributed by atoms with Gasteiger partial charge < -0.3 is 30.0 Å². The minimum absolute atomic E-state index is 0. The van der Waals surface area contributed by atoms with Gasteiger partial charge in [-0.05, 0) is 35.6 Å². The molecule has 0 spiro atoms. The van der Waals surface area contributed by atoms with Crippen LogP contribution in [-0.4, -0.2) is 66.4 Å². The van der Waals surface area contributed by atoms with E-state index < -0.39 is 47.4 Å². The molecule has 0 bridgehead atoms. The van der Waals surface area contributed by atoms with Gasteiger partial charge in [-0.15, -0.1) is 17.0 Å². The number of imide groups is 1. The maximum atomic E-state index is 15.2. The number of Topliss-reactive ketones (excluding diaryl/α,β-unsaturated/α-hetero) is 1. The van der Waals surface area contributed by atoms with Crippen LogP contribution in [0.3, 0.4) is 0 Å². The van der Waals surface area contributed by atoms with Gasteiger partial charge >= 0.3 is 12.0 Å². The Morgan fingerprint density at radius 3 is 2.38 bits per heavy atom. The summed E-state index contributed by atoms with van der Waals surface area (Å²) in [6.45, 7) is 6.71. The lowest BCUT2D eigenvalue weighted by atomic mass is 9.82. The lowest BCUT2D eigenvalue weighted by Crippen LogP contribution is -2.52. The van der Waals surface area contributed by atoms with E-state index in [1.54, 1.807) is 12.1 Å². The normalized spacial score (nSPS) is 15.8. The van der Waals surface area contributed by atoms with Crippen LogP contribution in [0.2, 0.25) is 0 Å². The monoisotopic (exact) mass is 650 g/mol. The van der Waals surface area contributed by atoms with Gasteiger partial charge in [0.1, 0.15) is 11.6 Å². The number of carbonyl (C=O) groups is 4. The summed E-state index contributed by atoms with van der Waals surface area (Å²) in [7, 11) is 2.65. The highest BCUT2D eigenvalue weighted by Gasteiger charge is 2.43. The summed E-state index contributed by atoms with van der Waals surface area (Å²) in [5.41, 5.74) is 6.06. The van der Waals surface area contributed by atoms with Gasteiger partial charge in [0, 0.05) is 17.7 Å². The Labute approximate surface area is 251 Å². The van der Waals surface area contributed by atoms with Crippen LogP contribution in [0.25, 0.3) is 0 Å². The van der Waals surface area contributed by atoms with E-state index in [-0.39, 0.29) is 75.5 Å².